The van der Waals surface area contributed by atoms with E-state index in [0.717, 1.165) is 3.57 Å². The predicted molar refractivity (Wildman–Crippen MR) is 106 cm³/mol. The Bertz CT molecular complexity index is 625. The molecule has 0 aliphatic heterocycles. The third-order valence-corrected chi connectivity index (χ3v) is 4.95. The number of carbonyl (C=O) groups is 1. The number of rotatable bonds is 9. The van der Waals surface area contributed by atoms with E-state index in [-0.39, 0.29) is 25.1 Å². The van der Waals surface area contributed by atoms with Crippen molar-refractivity contribution in [2.45, 2.75) is 24.7 Å². The third kappa shape index (κ3) is 5.92. The maximum absolute atomic E-state index is 12.3. The Morgan fingerprint density at radius 2 is 2.12 bits per heavy atom. The van der Waals surface area contributed by atoms with Crippen LogP contribution in [0.5, 0.6) is 5.75 Å². The number of methoxy groups -OCH3 is 1. The maximum atomic E-state index is 12.3. The van der Waals surface area contributed by atoms with Gasteiger partial charge in [0.15, 0.2) is 0 Å². The van der Waals surface area contributed by atoms with Crippen LogP contribution in [0.4, 0.5) is 0 Å². The van der Waals surface area contributed by atoms with Gasteiger partial charge in [0.2, 0.25) is 5.91 Å². The minimum Gasteiger partial charge on any atom is -0.482 e. The highest BCUT2D eigenvalue weighted by Gasteiger charge is 2.35. The van der Waals surface area contributed by atoms with Crippen molar-refractivity contribution in [3.8, 4) is 5.75 Å². The van der Waals surface area contributed by atoms with Crippen molar-refractivity contribution < 1.29 is 24.5 Å². The molecule has 0 aromatic heterocycles. The molecule has 144 valence electrons. The quantitative estimate of drug-likeness (QED) is 0.305. The molecule has 1 aliphatic rings. The average molecular weight is 476 g/mol. The summed E-state index contributed by atoms with van der Waals surface area (Å²) >= 11 is 2.17. The van der Waals surface area contributed by atoms with Crippen LogP contribution in [0.2, 0.25) is 0 Å². The number of ether oxygens (including phenoxy) is 2. The average Bonchev–Trinajstić information content (AvgIpc) is 2.64. The first-order valence-electron chi connectivity index (χ1n) is 8.48. The van der Waals surface area contributed by atoms with E-state index in [1.54, 1.807) is 13.2 Å². The van der Waals surface area contributed by atoms with Crippen molar-refractivity contribution in [3.63, 3.8) is 0 Å². The predicted octanol–water partition coefficient (Wildman–Crippen LogP) is 0.443. The van der Waals surface area contributed by atoms with Crippen LogP contribution in [-0.4, -0.2) is 67.8 Å². The zero-order valence-corrected chi connectivity index (χ0v) is 16.8. The summed E-state index contributed by atoms with van der Waals surface area (Å²) in [6.07, 6.45) is 0.565. The van der Waals surface area contributed by atoms with Crippen molar-refractivity contribution in [2.75, 3.05) is 33.4 Å². The number of hydrogen-bond donors (Lipinski definition) is 4. The number of nitrogens with one attached hydrogen (secondary N) is 2. The Labute approximate surface area is 166 Å². The van der Waals surface area contributed by atoms with Gasteiger partial charge in [0, 0.05) is 31.8 Å². The molecule has 3 atom stereocenters. The van der Waals surface area contributed by atoms with E-state index >= 15 is 0 Å². The second-order valence-electron chi connectivity index (χ2n) is 5.93. The van der Waals surface area contributed by atoms with E-state index in [1.807, 2.05) is 24.3 Å². The van der Waals surface area contributed by atoms with Gasteiger partial charge in [0.05, 0.1) is 16.8 Å². The number of amides is 1. The summed E-state index contributed by atoms with van der Waals surface area (Å²) < 4.78 is 11.9. The number of aliphatic hydroxyl groups is 2. The molecule has 0 saturated heterocycles. The van der Waals surface area contributed by atoms with Crippen molar-refractivity contribution in [1.82, 2.24) is 10.6 Å². The summed E-state index contributed by atoms with van der Waals surface area (Å²) in [5, 5.41) is 25.5. The summed E-state index contributed by atoms with van der Waals surface area (Å²) in [5.74, 6) is 0.391. The van der Waals surface area contributed by atoms with Gasteiger partial charge in [-0.15, -0.1) is 0 Å². The topological polar surface area (TPSA) is 100 Å². The monoisotopic (exact) mass is 476 g/mol. The van der Waals surface area contributed by atoms with Crippen molar-refractivity contribution in [3.05, 3.63) is 39.5 Å². The summed E-state index contributed by atoms with van der Waals surface area (Å²) in [7, 11) is 1.61. The first-order chi connectivity index (χ1) is 12.6. The van der Waals surface area contributed by atoms with Crippen LogP contribution in [0, 0.1) is 3.57 Å². The summed E-state index contributed by atoms with van der Waals surface area (Å²) in [6.45, 7) is 1.11. The second kappa shape index (κ2) is 10.8. The molecule has 0 heterocycles. The van der Waals surface area contributed by atoms with Crippen LogP contribution in [0.15, 0.2) is 35.9 Å². The first-order valence-corrected chi connectivity index (χ1v) is 9.56. The lowest BCUT2D eigenvalue weighted by molar-refractivity contribution is -0.118. The normalized spacial score (nSPS) is 22.6. The number of hydrogen-bond acceptors (Lipinski definition) is 6. The fraction of sp³-hybridized carbons (Fsp3) is 0.500. The molecule has 0 fully saturated rings. The minimum absolute atomic E-state index is 0.126. The zero-order chi connectivity index (χ0) is 18.9. The molecular formula is C18H25IN2O5. The summed E-state index contributed by atoms with van der Waals surface area (Å²) in [4.78, 5) is 12.3. The molecule has 0 saturated carbocycles. The molecule has 1 aromatic rings. The van der Waals surface area contributed by atoms with Gasteiger partial charge in [-0.3, -0.25) is 4.79 Å². The summed E-state index contributed by atoms with van der Waals surface area (Å²) in [5.41, 5.74) is 0.523. The van der Waals surface area contributed by atoms with Crippen molar-refractivity contribution in [1.29, 1.82) is 0 Å². The van der Waals surface area contributed by atoms with Gasteiger partial charge in [-0.25, -0.2) is 0 Å². The van der Waals surface area contributed by atoms with E-state index < -0.39 is 12.2 Å². The number of carbonyl (C=O) groups excluding carboxylic acids is 1. The minimum atomic E-state index is -0.808. The van der Waals surface area contributed by atoms with E-state index in [1.165, 1.54) is 0 Å². The highest BCUT2D eigenvalue weighted by molar-refractivity contribution is 14.1. The molecular weight excluding hydrogens is 451 g/mol. The van der Waals surface area contributed by atoms with E-state index in [0.29, 0.717) is 30.9 Å². The molecule has 8 heteroatoms. The fourth-order valence-corrected chi connectivity index (χ4v) is 3.25. The van der Waals surface area contributed by atoms with E-state index in [4.69, 9.17) is 14.6 Å². The smallest absolute Gasteiger partial charge is 0.247 e. The molecule has 0 bridgehead atoms. The van der Waals surface area contributed by atoms with Crippen LogP contribution < -0.4 is 15.4 Å². The number of aliphatic hydroxyl groups excluding tert-OH is 2. The number of para-hydroxylation sites is 1. The van der Waals surface area contributed by atoms with Crippen molar-refractivity contribution in [2.24, 2.45) is 0 Å². The largest absolute Gasteiger partial charge is 0.482 e. The lowest BCUT2D eigenvalue weighted by atomic mass is 9.89. The lowest BCUT2D eigenvalue weighted by Crippen LogP contribution is -2.52. The standard InChI is InChI=1S/C18H25IN2O5/c1-25-9-7-20-14-10-12(18(24)21-6-8-22)11-16(17(14)23)26-15-5-3-2-4-13(15)19/h2-5,11,14,16-17,20,22-23H,6-10H2,1H3,(H,21,24). The van der Waals surface area contributed by atoms with E-state index in [2.05, 4.69) is 33.2 Å². The third-order valence-electron chi connectivity index (χ3n) is 4.06. The van der Waals surface area contributed by atoms with Crippen LogP contribution in [0.3, 0.4) is 0 Å². The van der Waals surface area contributed by atoms with Gasteiger partial charge in [0.1, 0.15) is 18.0 Å². The Balaban J connectivity index is 2.17. The first kappa shape index (κ1) is 21.1. The van der Waals surface area contributed by atoms with Gasteiger partial charge in [0.25, 0.3) is 0 Å². The molecule has 3 unspecified atom stereocenters. The van der Waals surface area contributed by atoms with Gasteiger partial charge in [-0.1, -0.05) is 12.1 Å². The zero-order valence-electron chi connectivity index (χ0n) is 14.7. The molecule has 1 aromatic carbocycles. The SMILES string of the molecule is COCCNC1CC(C(=O)NCCO)=CC(Oc2ccccc2I)C1O. The lowest BCUT2D eigenvalue weighted by Gasteiger charge is -2.34. The molecule has 0 spiro atoms. The molecule has 1 aliphatic carbocycles. The van der Waals surface area contributed by atoms with Crippen LogP contribution in [-0.2, 0) is 9.53 Å². The molecule has 7 nitrogen and oxygen atoms in total. The van der Waals surface area contributed by atoms with Crippen molar-refractivity contribution >= 4 is 28.5 Å². The highest BCUT2D eigenvalue weighted by Crippen LogP contribution is 2.27. The Hall–Kier alpha value is -1.20. The number of halogens is 1. The number of benzene rings is 1. The van der Waals surface area contributed by atoms with Crippen LogP contribution in [0.1, 0.15) is 6.42 Å². The Kier molecular flexibility index (Phi) is 8.79. The van der Waals surface area contributed by atoms with Crippen LogP contribution >= 0.6 is 22.6 Å². The second-order valence-corrected chi connectivity index (χ2v) is 7.09. The Morgan fingerprint density at radius 3 is 2.81 bits per heavy atom. The molecule has 1 amide bonds. The Morgan fingerprint density at radius 1 is 1.35 bits per heavy atom. The highest BCUT2D eigenvalue weighted by atomic mass is 127. The van der Waals surface area contributed by atoms with Gasteiger partial charge in [-0.05, 0) is 47.2 Å². The van der Waals surface area contributed by atoms with Gasteiger partial charge in [-0.2, -0.15) is 0 Å². The van der Waals surface area contributed by atoms with Gasteiger partial charge >= 0.3 is 0 Å². The maximum Gasteiger partial charge on any atom is 0.247 e. The van der Waals surface area contributed by atoms with E-state index in [9.17, 15) is 9.90 Å². The van der Waals surface area contributed by atoms with Crippen LogP contribution in [0.25, 0.3) is 0 Å². The molecule has 2 rings (SSSR count). The molecule has 26 heavy (non-hydrogen) atoms. The van der Waals surface area contributed by atoms with Gasteiger partial charge < -0.3 is 30.3 Å². The molecule has 4 N–H and O–H groups in total. The molecule has 0 radical (unpaired) electrons. The fourth-order valence-electron chi connectivity index (χ4n) is 2.73. The summed E-state index contributed by atoms with van der Waals surface area (Å²) in [6, 6.07) is 7.18.